The quantitative estimate of drug-likeness (QED) is 0.861. The van der Waals surface area contributed by atoms with Crippen molar-refractivity contribution in [1.82, 2.24) is 5.32 Å². The Morgan fingerprint density at radius 1 is 1.38 bits per heavy atom. The normalized spacial score (nSPS) is 24.9. The van der Waals surface area contributed by atoms with Gasteiger partial charge in [-0.25, -0.2) is 0 Å². The summed E-state index contributed by atoms with van der Waals surface area (Å²) in [4.78, 5) is 0. The number of rotatable bonds is 3. The zero-order chi connectivity index (χ0) is 11.6. The molecule has 1 nitrogen and oxygen atoms in total. The zero-order valence-electron chi connectivity index (χ0n) is 9.52. The Bertz CT molecular complexity index is 370. The summed E-state index contributed by atoms with van der Waals surface area (Å²) >= 11 is 12.3. The van der Waals surface area contributed by atoms with Gasteiger partial charge in [-0.1, -0.05) is 42.3 Å². The summed E-state index contributed by atoms with van der Waals surface area (Å²) in [6, 6.07) is 5.89. The minimum atomic E-state index is 0.230. The SMILES string of the molecule is CCC1(Cc2cccc(Cl)c2Cl)CCCN1. The molecule has 0 saturated carbocycles. The van der Waals surface area contributed by atoms with Crippen LogP contribution in [-0.2, 0) is 6.42 Å². The van der Waals surface area contributed by atoms with Crippen molar-refractivity contribution in [2.45, 2.75) is 38.1 Å². The van der Waals surface area contributed by atoms with Crippen LogP contribution in [0, 0.1) is 0 Å². The van der Waals surface area contributed by atoms with Gasteiger partial charge in [0.25, 0.3) is 0 Å². The fourth-order valence-corrected chi connectivity index (χ4v) is 2.88. The molecule has 16 heavy (non-hydrogen) atoms. The van der Waals surface area contributed by atoms with Crippen LogP contribution in [0.2, 0.25) is 10.0 Å². The van der Waals surface area contributed by atoms with Gasteiger partial charge in [-0.05, 0) is 43.9 Å². The molecule has 0 bridgehead atoms. The smallest absolute Gasteiger partial charge is 0.0624 e. The standard InChI is InChI=1S/C13H17Cl2N/c1-2-13(7-4-8-16-13)9-10-5-3-6-11(14)12(10)15/h3,5-6,16H,2,4,7-9H2,1H3. The lowest BCUT2D eigenvalue weighted by atomic mass is 9.87. The first-order valence-electron chi connectivity index (χ1n) is 5.85. The maximum atomic E-state index is 6.23. The van der Waals surface area contributed by atoms with Gasteiger partial charge in [-0.3, -0.25) is 0 Å². The molecule has 1 heterocycles. The van der Waals surface area contributed by atoms with Crippen molar-refractivity contribution >= 4 is 23.2 Å². The molecule has 1 aromatic carbocycles. The van der Waals surface area contributed by atoms with E-state index in [2.05, 4.69) is 18.3 Å². The molecule has 0 aliphatic carbocycles. The third-order valence-electron chi connectivity index (χ3n) is 3.57. The third kappa shape index (κ3) is 2.37. The molecule has 0 aromatic heterocycles. The second-order valence-corrected chi connectivity index (χ2v) is 5.34. The lowest BCUT2D eigenvalue weighted by Crippen LogP contribution is -2.41. The van der Waals surface area contributed by atoms with Gasteiger partial charge in [-0.2, -0.15) is 0 Å². The monoisotopic (exact) mass is 257 g/mol. The number of benzene rings is 1. The summed E-state index contributed by atoms with van der Waals surface area (Å²) in [5, 5.41) is 4.98. The van der Waals surface area contributed by atoms with Gasteiger partial charge < -0.3 is 5.32 Å². The predicted molar refractivity (Wildman–Crippen MR) is 70.4 cm³/mol. The van der Waals surface area contributed by atoms with Crippen LogP contribution in [0.4, 0.5) is 0 Å². The summed E-state index contributed by atoms with van der Waals surface area (Å²) in [7, 11) is 0. The molecular weight excluding hydrogens is 241 g/mol. The van der Waals surface area contributed by atoms with Crippen molar-refractivity contribution in [3.8, 4) is 0 Å². The first kappa shape index (κ1) is 12.2. The summed E-state index contributed by atoms with van der Waals surface area (Å²) in [5.74, 6) is 0. The molecule has 0 radical (unpaired) electrons. The van der Waals surface area contributed by atoms with E-state index < -0.39 is 0 Å². The molecule has 0 amide bonds. The molecule has 1 saturated heterocycles. The van der Waals surface area contributed by atoms with Crippen LogP contribution in [0.5, 0.6) is 0 Å². The highest BCUT2D eigenvalue weighted by Crippen LogP contribution is 2.32. The molecule has 1 aliphatic rings. The molecular formula is C13H17Cl2N. The van der Waals surface area contributed by atoms with E-state index in [0.717, 1.165) is 24.9 Å². The Balaban J connectivity index is 2.22. The lowest BCUT2D eigenvalue weighted by molar-refractivity contribution is 0.360. The van der Waals surface area contributed by atoms with Crippen LogP contribution < -0.4 is 5.32 Å². The average Bonchev–Trinajstić information content (AvgIpc) is 2.74. The second-order valence-electron chi connectivity index (χ2n) is 4.55. The fourth-order valence-electron chi connectivity index (χ4n) is 2.50. The Labute approximate surface area is 107 Å². The maximum absolute atomic E-state index is 6.23. The van der Waals surface area contributed by atoms with Gasteiger partial charge in [0.1, 0.15) is 0 Å². The van der Waals surface area contributed by atoms with Crippen molar-refractivity contribution in [1.29, 1.82) is 0 Å². The van der Waals surface area contributed by atoms with E-state index >= 15 is 0 Å². The van der Waals surface area contributed by atoms with Crippen molar-refractivity contribution < 1.29 is 0 Å². The highest BCUT2D eigenvalue weighted by Gasteiger charge is 2.32. The maximum Gasteiger partial charge on any atom is 0.0624 e. The molecule has 2 rings (SSSR count). The van der Waals surface area contributed by atoms with E-state index in [0.29, 0.717) is 10.0 Å². The largest absolute Gasteiger partial charge is 0.311 e. The summed E-state index contributed by atoms with van der Waals surface area (Å²) < 4.78 is 0. The van der Waals surface area contributed by atoms with Crippen LogP contribution in [0.15, 0.2) is 18.2 Å². The van der Waals surface area contributed by atoms with Crippen LogP contribution >= 0.6 is 23.2 Å². The predicted octanol–water partition coefficient (Wildman–Crippen LogP) is 4.07. The highest BCUT2D eigenvalue weighted by molar-refractivity contribution is 6.42. The molecule has 88 valence electrons. The number of hydrogen-bond donors (Lipinski definition) is 1. The zero-order valence-corrected chi connectivity index (χ0v) is 11.0. The minimum Gasteiger partial charge on any atom is -0.311 e. The van der Waals surface area contributed by atoms with E-state index in [9.17, 15) is 0 Å². The summed E-state index contributed by atoms with van der Waals surface area (Å²) in [5.41, 5.74) is 1.39. The first-order valence-corrected chi connectivity index (χ1v) is 6.60. The fraction of sp³-hybridized carbons (Fsp3) is 0.538. The van der Waals surface area contributed by atoms with E-state index in [1.165, 1.54) is 12.8 Å². The molecule has 3 heteroatoms. The van der Waals surface area contributed by atoms with Gasteiger partial charge in [-0.15, -0.1) is 0 Å². The lowest BCUT2D eigenvalue weighted by Gasteiger charge is -2.28. The Morgan fingerprint density at radius 2 is 2.19 bits per heavy atom. The van der Waals surface area contributed by atoms with Gasteiger partial charge in [0, 0.05) is 5.54 Å². The topological polar surface area (TPSA) is 12.0 Å². The third-order valence-corrected chi connectivity index (χ3v) is 4.43. The van der Waals surface area contributed by atoms with Gasteiger partial charge in [0.2, 0.25) is 0 Å². The van der Waals surface area contributed by atoms with E-state index in [4.69, 9.17) is 23.2 Å². The van der Waals surface area contributed by atoms with Crippen LogP contribution in [0.3, 0.4) is 0 Å². The highest BCUT2D eigenvalue weighted by atomic mass is 35.5. The Morgan fingerprint density at radius 3 is 2.81 bits per heavy atom. The van der Waals surface area contributed by atoms with Gasteiger partial charge >= 0.3 is 0 Å². The van der Waals surface area contributed by atoms with Crippen LogP contribution in [-0.4, -0.2) is 12.1 Å². The van der Waals surface area contributed by atoms with Gasteiger partial charge in [0.05, 0.1) is 10.0 Å². The van der Waals surface area contributed by atoms with E-state index in [1.54, 1.807) is 0 Å². The summed E-state index contributed by atoms with van der Waals surface area (Å²) in [6.45, 7) is 3.35. The van der Waals surface area contributed by atoms with Gasteiger partial charge in [0.15, 0.2) is 0 Å². The molecule has 1 unspecified atom stereocenters. The molecule has 1 fully saturated rings. The molecule has 1 aromatic rings. The molecule has 1 atom stereocenters. The number of halogens is 2. The minimum absolute atomic E-state index is 0.230. The van der Waals surface area contributed by atoms with Crippen molar-refractivity contribution in [3.63, 3.8) is 0 Å². The summed E-state index contributed by atoms with van der Waals surface area (Å²) in [6.07, 6.45) is 4.59. The van der Waals surface area contributed by atoms with E-state index in [1.807, 2.05) is 12.1 Å². The second kappa shape index (κ2) is 4.95. The van der Waals surface area contributed by atoms with Crippen LogP contribution in [0.25, 0.3) is 0 Å². The first-order chi connectivity index (χ1) is 7.67. The average molecular weight is 258 g/mol. The number of hydrogen-bond acceptors (Lipinski definition) is 1. The van der Waals surface area contributed by atoms with Crippen LogP contribution in [0.1, 0.15) is 31.7 Å². The van der Waals surface area contributed by atoms with Crippen molar-refractivity contribution in [2.24, 2.45) is 0 Å². The van der Waals surface area contributed by atoms with Crippen molar-refractivity contribution in [3.05, 3.63) is 33.8 Å². The van der Waals surface area contributed by atoms with Crippen molar-refractivity contribution in [2.75, 3.05) is 6.54 Å². The molecule has 1 aliphatic heterocycles. The number of nitrogens with one attached hydrogen (secondary N) is 1. The Hall–Kier alpha value is -0.240. The molecule has 1 N–H and O–H groups in total. The Kier molecular flexibility index (Phi) is 3.78. The van der Waals surface area contributed by atoms with E-state index in [-0.39, 0.29) is 5.54 Å². The molecule has 0 spiro atoms.